The Balaban J connectivity index is 2.86. The number of aliphatic hydroxyl groups is 1. The molecule has 0 bridgehead atoms. The second-order valence-corrected chi connectivity index (χ2v) is 4.33. The van der Waals surface area contributed by atoms with Crippen LogP contribution in [0.3, 0.4) is 0 Å². The molecule has 98 valence electrons. The first-order chi connectivity index (χ1) is 7.82. The van der Waals surface area contributed by atoms with Crippen molar-refractivity contribution in [1.82, 2.24) is 0 Å². The molecule has 7 heteroatoms. The zero-order valence-electron chi connectivity index (χ0n) is 9.75. The molecule has 0 aromatic carbocycles. The molecule has 0 aliphatic carbocycles. The van der Waals surface area contributed by atoms with Crippen molar-refractivity contribution in [3.8, 4) is 0 Å². The van der Waals surface area contributed by atoms with Crippen molar-refractivity contribution in [3.05, 3.63) is 0 Å². The average molecular weight is 267 g/mol. The first-order valence-electron chi connectivity index (χ1n) is 5.15. The maximum atomic E-state index is 11.0. The molecule has 0 amide bonds. The van der Waals surface area contributed by atoms with E-state index in [1.165, 1.54) is 13.8 Å². The standard InChI is InChI=1S/C10H15ClO6/c1-4-8(16-5(2)12)9(17-6(3)13)7(11)10(14)15-4/h4,7-10,14H,1-3H3/t4?,7?,8-,9-,10-/m1/s1. The maximum absolute atomic E-state index is 11.0. The number of alkyl halides is 1. The molecule has 1 aliphatic heterocycles. The van der Waals surface area contributed by atoms with Crippen molar-refractivity contribution in [3.63, 3.8) is 0 Å². The van der Waals surface area contributed by atoms with Gasteiger partial charge in [0.1, 0.15) is 5.38 Å². The van der Waals surface area contributed by atoms with E-state index in [4.69, 9.17) is 25.8 Å². The summed E-state index contributed by atoms with van der Waals surface area (Å²) in [4.78, 5) is 21.9. The number of ether oxygens (including phenoxy) is 3. The molecule has 0 aromatic rings. The molecule has 1 N–H and O–H groups in total. The number of carbonyl (C=O) groups is 2. The van der Waals surface area contributed by atoms with Gasteiger partial charge in [-0.15, -0.1) is 11.6 Å². The van der Waals surface area contributed by atoms with Crippen molar-refractivity contribution in [2.45, 2.75) is 50.8 Å². The van der Waals surface area contributed by atoms with Crippen LogP contribution in [0.1, 0.15) is 20.8 Å². The third kappa shape index (κ3) is 3.55. The zero-order chi connectivity index (χ0) is 13.2. The van der Waals surface area contributed by atoms with Crippen molar-refractivity contribution >= 4 is 23.5 Å². The number of halogens is 1. The molecule has 1 aliphatic rings. The van der Waals surface area contributed by atoms with Crippen LogP contribution in [0.2, 0.25) is 0 Å². The van der Waals surface area contributed by atoms with Gasteiger partial charge >= 0.3 is 11.9 Å². The van der Waals surface area contributed by atoms with E-state index < -0.39 is 41.9 Å². The topological polar surface area (TPSA) is 82.1 Å². The Morgan fingerprint density at radius 1 is 1.18 bits per heavy atom. The zero-order valence-corrected chi connectivity index (χ0v) is 10.5. The highest BCUT2D eigenvalue weighted by molar-refractivity contribution is 6.21. The summed E-state index contributed by atoms with van der Waals surface area (Å²) in [6.07, 6.45) is -3.66. The molecule has 1 saturated heterocycles. The minimum Gasteiger partial charge on any atom is -0.457 e. The monoisotopic (exact) mass is 266 g/mol. The molecule has 0 aromatic heterocycles. The van der Waals surface area contributed by atoms with Gasteiger partial charge in [0.25, 0.3) is 0 Å². The Labute approximate surface area is 104 Å². The van der Waals surface area contributed by atoms with Gasteiger partial charge in [-0.05, 0) is 6.92 Å². The number of aliphatic hydroxyl groups excluding tert-OH is 1. The Morgan fingerprint density at radius 3 is 2.12 bits per heavy atom. The first kappa shape index (κ1) is 14.2. The van der Waals surface area contributed by atoms with Crippen LogP contribution in [0.15, 0.2) is 0 Å². The summed E-state index contributed by atoms with van der Waals surface area (Å²) in [5.74, 6) is -1.11. The number of carbonyl (C=O) groups excluding carboxylic acids is 2. The largest absolute Gasteiger partial charge is 0.457 e. The van der Waals surface area contributed by atoms with Gasteiger partial charge in [-0.25, -0.2) is 0 Å². The van der Waals surface area contributed by atoms with E-state index in [9.17, 15) is 14.7 Å². The molecule has 17 heavy (non-hydrogen) atoms. The van der Waals surface area contributed by atoms with E-state index in [1.54, 1.807) is 6.92 Å². The van der Waals surface area contributed by atoms with Crippen molar-refractivity contribution in [2.75, 3.05) is 0 Å². The third-order valence-corrected chi connectivity index (χ3v) is 2.79. The fraction of sp³-hybridized carbons (Fsp3) is 0.800. The van der Waals surface area contributed by atoms with Crippen LogP contribution in [-0.4, -0.2) is 47.0 Å². The number of rotatable bonds is 2. The summed E-state index contributed by atoms with van der Waals surface area (Å²) in [5.41, 5.74) is 0. The molecule has 0 saturated carbocycles. The van der Waals surface area contributed by atoms with E-state index in [2.05, 4.69) is 0 Å². The Kier molecular flexibility index (Phi) is 4.73. The summed E-state index contributed by atoms with van der Waals surface area (Å²) in [7, 11) is 0. The summed E-state index contributed by atoms with van der Waals surface area (Å²) in [6, 6.07) is 0. The van der Waals surface area contributed by atoms with Crippen LogP contribution >= 0.6 is 11.6 Å². The van der Waals surface area contributed by atoms with Crippen LogP contribution in [0, 0.1) is 0 Å². The Hall–Kier alpha value is -0.850. The van der Waals surface area contributed by atoms with Crippen LogP contribution in [0.5, 0.6) is 0 Å². The fourth-order valence-corrected chi connectivity index (χ4v) is 1.92. The molecule has 0 spiro atoms. The molecule has 0 radical (unpaired) electrons. The lowest BCUT2D eigenvalue weighted by Crippen LogP contribution is -2.57. The van der Waals surface area contributed by atoms with Crippen molar-refractivity contribution in [1.29, 1.82) is 0 Å². The van der Waals surface area contributed by atoms with Gasteiger partial charge in [0, 0.05) is 13.8 Å². The van der Waals surface area contributed by atoms with E-state index >= 15 is 0 Å². The predicted molar refractivity (Wildman–Crippen MR) is 57.3 cm³/mol. The predicted octanol–water partition coefficient (Wildman–Crippen LogP) is 0.194. The molecule has 5 atom stereocenters. The highest BCUT2D eigenvalue weighted by atomic mass is 35.5. The van der Waals surface area contributed by atoms with E-state index in [0.717, 1.165) is 0 Å². The molecular formula is C10H15ClO6. The van der Waals surface area contributed by atoms with Gasteiger partial charge < -0.3 is 19.3 Å². The number of esters is 2. The molecule has 1 rings (SSSR count). The fourth-order valence-electron chi connectivity index (χ4n) is 1.66. The number of hydrogen-bond donors (Lipinski definition) is 1. The molecule has 1 fully saturated rings. The smallest absolute Gasteiger partial charge is 0.303 e. The third-order valence-electron chi connectivity index (χ3n) is 2.33. The van der Waals surface area contributed by atoms with Crippen LogP contribution in [0.25, 0.3) is 0 Å². The summed E-state index contributed by atoms with van der Waals surface area (Å²) < 4.78 is 15.0. The van der Waals surface area contributed by atoms with Gasteiger partial charge in [0.2, 0.25) is 0 Å². The molecule has 2 unspecified atom stereocenters. The minimum absolute atomic E-state index is 0.539. The number of hydrogen-bond acceptors (Lipinski definition) is 6. The minimum atomic E-state index is -1.28. The van der Waals surface area contributed by atoms with Crippen LogP contribution in [-0.2, 0) is 23.8 Å². The van der Waals surface area contributed by atoms with Gasteiger partial charge in [-0.2, -0.15) is 0 Å². The van der Waals surface area contributed by atoms with Crippen LogP contribution in [0.4, 0.5) is 0 Å². The second-order valence-electron chi connectivity index (χ2n) is 3.82. The Morgan fingerprint density at radius 2 is 1.65 bits per heavy atom. The SMILES string of the molecule is CC(=O)O[C@@H]1C(C)O[C@@H](O)C(Cl)[C@H]1OC(C)=O. The normalized spacial score (nSPS) is 37.4. The summed E-state index contributed by atoms with van der Waals surface area (Å²) in [6.45, 7) is 4.03. The van der Waals surface area contributed by atoms with E-state index in [-0.39, 0.29) is 0 Å². The second kappa shape index (κ2) is 5.66. The summed E-state index contributed by atoms with van der Waals surface area (Å²) >= 11 is 5.88. The maximum Gasteiger partial charge on any atom is 0.303 e. The lowest BCUT2D eigenvalue weighted by Gasteiger charge is -2.40. The van der Waals surface area contributed by atoms with Gasteiger partial charge in [0.15, 0.2) is 18.5 Å². The van der Waals surface area contributed by atoms with Gasteiger partial charge in [0.05, 0.1) is 6.10 Å². The van der Waals surface area contributed by atoms with Gasteiger partial charge in [-0.1, -0.05) is 0 Å². The lowest BCUT2D eigenvalue weighted by atomic mass is 10.0. The van der Waals surface area contributed by atoms with Gasteiger partial charge in [-0.3, -0.25) is 9.59 Å². The first-order valence-corrected chi connectivity index (χ1v) is 5.58. The van der Waals surface area contributed by atoms with E-state index in [0.29, 0.717) is 0 Å². The average Bonchev–Trinajstić information content (AvgIpc) is 2.19. The van der Waals surface area contributed by atoms with E-state index in [1.807, 2.05) is 0 Å². The quantitative estimate of drug-likeness (QED) is 0.568. The molecular weight excluding hydrogens is 252 g/mol. The molecule has 1 heterocycles. The summed E-state index contributed by atoms with van der Waals surface area (Å²) in [5, 5.41) is 8.51. The highest BCUT2D eigenvalue weighted by Crippen LogP contribution is 2.28. The van der Waals surface area contributed by atoms with Crippen molar-refractivity contribution < 1.29 is 28.9 Å². The highest BCUT2D eigenvalue weighted by Gasteiger charge is 2.46. The van der Waals surface area contributed by atoms with Crippen molar-refractivity contribution in [2.24, 2.45) is 0 Å². The molecule has 6 nitrogen and oxygen atoms in total. The van der Waals surface area contributed by atoms with Crippen LogP contribution < -0.4 is 0 Å². The lowest BCUT2D eigenvalue weighted by molar-refractivity contribution is -0.238. The Bertz CT molecular complexity index is 307.